The molecule has 0 atom stereocenters. The molecule has 36 heavy (non-hydrogen) atoms. The normalized spacial score (nSPS) is 15.3. The Labute approximate surface area is 212 Å². The summed E-state index contributed by atoms with van der Waals surface area (Å²) in [4.78, 5) is 12.5. The zero-order chi connectivity index (χ0) is 25.1. The fourth-order valence-electron chi connectivity index (χ4n) is 4.72. The third kappa shape index (κ3) is 4.73. The van der Waals surface area contributed by atoms with E-state index in [0.29, 0.717) is 31.0 Å². The van der Waals surface area contributed by atoms with Crippen molar-refractivity contribution in [1.82, 2.24) is 24.1 Å². The lowest BCUT2D eigenvalue weighted by Crippen LogP contribution is -2.35. The van der Waals surface area contributed by atoms with Crippen LogP contribution < -0.4 is 4.90 Å². The quantitative estimate of drug-likeness (QED) is 0.372. The predicted octanol–water partition coefficient (Wildman–Crippen LogP) is 4.37. The Kier molecular flexibility index (Phi) is 7.02. The second kappa shape index (κ2) is 10.4. The maximum atomic E-state index is 13.3. The molecule has 0 radical (unpaired) electrons. The number of hydrogen-bond donors (Lipinski definition) is 0. The summed E-state index contributed by atoms with van der Waals surface area (Å²) in [6, 6.07) is 18.7. The number of aromatic nitrogens is 4. The fourth-order valence-corrected chi connectivity index (χ4v) is 6.21. The van der Waals surface area contributed by atoms with E-state index >= 15 is 0 Å². The van der Waals surface area contributed by atoms with Crippen LogP contribution in [0, 0.1) is 6.92 Å². The molecule has 0 aliphatic carbocycles. The molecule has 8 nitrogen and oxygen atoms in total. The van der Waals surface area contributed by atoms with Crippen molar-refractivity contribution in [3.8, 4) is 5.69 Å². The number of fused-ring (bicyclic) bond motifs is 1. The molecule has 0 spiro atoms. The first kappa shape index (κ1) is 24.4. The van der Waals surface area contributed by atoms with Crippen LogP contribution in [0.4, 0.5) is 5.82 Å². The van der Waals surface area contributed by atoms with Crippen LogP contribution in [0.3, 0.4) is 0 Å². The van der Waals surface area contributed by atoms with E-state index in [4.69, 9.17) is 15.1 Å². The van der Waals surface area contributed by atoms with Crippen molar-refractivity contribution in [2.45, 2.75) is 44.4 Å². The Bertz CT molecular complexity index is 1440. The van der Waals surface area contributed by atoms with Gasteiger partial charge in [-0.15, -0.1) is 0 Å². The highest BCUT2D eigenvalue weighted by Crippen LogP contribution is 2.30. The van der Waals surface area contributed by atoms with Crippen LogP contribution in [-0.4, -0.2) is 58.7 Å². The van der Waals surface area contributed by atoms with Gasteiger partial charge in [0.05, 0.1) is 21.7 Å². The fraction of sp³-hybridized carbons (Fsp3) is 0.370. The minimum atomic E-state index is -3.54. The maximum absolute atomic E-state index is 13.3. The molecule has 0 N–H and O–H groups in total. The molecule has 2 aromatic heterocycles. The highest BCUT2D eigenvalue weighted by Gasteiger charge is 2.29. The van der Waals surface area contributed by atoms with Crippen molar-refractivity contribution in [2.75, 3.05) is 31.1 Å². The summed E-state index contributed by atoms with van der Waals surface area (Å²) in [5.74, 6) is 1.65. The topological polar surface area (TPSA) is 84.2 Å². The summed E-state index contributed by atoms with van der Waals surface area (Å²) in [7, 11) is -3.54. The van der Waals surface area contributed by atoms with Gasteiger partial charge in [0, 0.05) is 32.6 Å². The van der Waals surface area contributed by atoms with Gasteiger partial charge in [-0.05, 0) is 44.0 Å². The summed E-state index contributed by atoms with van der Waals surface area (Å²) in [6.45, 7) is 6.31. The maximum Gasteiger partial charge on any atom is 0.243 e. The number of nitrogens with zero attached hydrogens (tertiary/aromatic N) is 6. The molecule has 0 saturated carbocycles. The van der Waals surface area contributed by atoms with Crippen molar-refractivity contribution in [3.05, 3.63) is 72.2 Å². The Hall–Kier alpha value is -3.30. The van der Waals surface area contributed by atoms with Crippen molar-refractivity contribution in [2.24, 2.45) is 0 Å². The number of unbranched alkanes of at least 4 members (excludes halogenated alkanes) is 1. The lowest BCUT2D eigenvalue weighted by molar-refractivity contribution is 0.433. The lowest BCUT2D eigenvalue weighted by atomic mass is 10.2. The molecule has 1 aliphatic heterocycles. The van der Waals surface area contributed by atoms with E-state index in [1.54, 1.807) is 28.6 Å². The van der Waals surface area contributed by atoms with E-state index in [2.05, 4.69) is 11.8 Å². The molecular formula is C27H32N6O2S. The largest absolute Gasteiger partial charge is 0.355 e. The van der Waals surface area contributed by atoms with Crippen LogP contribution in [-0.2, 0) is 16.4 Å². The van der Waals surface area contributed by atoms with Crippen LogP contribution in [0.5, 0.6) is 0 Å². The molecule has 0 unspecified atom stereocenters. The van der Waals surface area contributed by atoms with Gasteiger partial charge in [0.1, 0.15) is 11.6 Å². The highest BCUT2D eigenvalue weighted by molar-refractivity contribution is 7.89. The highest BCUT2D eigenvalue weighted by atomic mass is 32.2. The molecule has 1 fully saturated rings. The predicted molar refractivity (Wildman–Crippen MR) is 142 cm³/mol. The minimum Gasteiger partial charge on any atom is -0.355 e. The number of sulfonamides is 1. The molecule has 5 rings (SSSR count). The third-order valence-corrected chi connectivity index (χ3v) is 8.53. The van der Waals surface area contributed by atoms with Crippen molar-refractivity contribution < 1.29 is 8.42 Å². The van der Waals surface area contributed by atoms with Gasteiger partial charge in [0.15, 0.2) is 5.65 Å². The number of hydrogen-bond acceptors (Lipinski definition) is 6. The van der Waals surface area contributed by atoms with Gasteiger partial charge in [-0.25, -0.2) is 23.1 Å². The van der Waals surface area contributed by atoms with Gasteiger partial charge >= 0.3 is 0 Å². The third-order valence-electron chi connectivity index (χ3n) is 6.62. The molecule has 1 aliphatic rings. The van der Waals surface area contributed by atoms with Gasteiger partial charge in [0.25, 0.3) is 0 Å². The average Bonchev–Trinajstić information content (AvgIpc) is 3.07. The summed E-state index contributed by atoms with van der Waals surface area (Å²) >= 11 is 0. The van der Waals surface area contributed by atoms with E-state index in [1.165, 1.54) is 0 Å². The smallest absolute Gasteiger partial charge is 0.243 e. The second-order valence-corrected chi connectivity index (χ2v) is 11.1. The zero-order valence-electron chi connectivity index (χ0n) is 20.8. The zero-order valence-corrected chi connectivity index (χ0v) is 21.7. The number of benzene rings is 2. The Morgan fingerprint density at radius 2 is 1.61 bits per heavy atom. The molecule has 9 heteroatoms. The first-order valence-electron chi connectivity index (χ1n) is 12.6. The van der Waals surface area contributed by atoms with Gasteiger partial charge in [-0.1, -0.05) is 49.7 Å². The average molecular weight is 505 g/mol. The van der Waals surface area contributed by atoms with Gasteiger partial charge in [-0.3, -0.25) is 0 Å². The molecular weight excluding hydrogens is 472 g/mol. The van der Waals surface area contributed by atoms with E-state index < -0.39 is 10.0 Å². The summed E-state index contributed by atoms with van der Waals surface area (Å²) in [6.07, 6.45) is 3.57. The molecule has 0 bridgehead atoms. The van der Waals surface area contributed by atoms with E-state index in [1.807, 2.05) is 48.0 Å². The first-order chi connectivity index (χ1) is 17.5. The van der Waals surface area contributed by atoms with Crippen LogP contribution >= 0.6 is 0 Å². The van der Waals surface area contributed by atoms with Gasteiger partial charge < -0.3 is 4.90 Å². The van der Waals surface area contributed by atoms with Gasteiger partial charge in [0.2, 0.25) is 10.0 Å². The Morgan fingerprint density at radius 1 is 0.889 bits per heavy atom. The second-order valence-electron chi connectivity index (χ2n) is 9.16. The number of aryl methyl sites for hydroxylation is 2. The molecule has 2 aromatic carbocycles. The molecule has 3 heterocycles. The Balaban J connectivity index is 1.52. The van der Waals surface area contributed by atoms with Gasteiger partial charge in [-0.2, -0.15) is 9.40 Å². The summed E-state index contributed by atoms with van der Waals surface area (Å²) in [5, 5.41) is 5.76. The van der Waals surface area contributed by atoms with Crippen molar-refractivity contribution in [3.63, 3.8) is 0 Å². The summed E-state index contributed by atoms with van der Waals surface area (Å²) in [5.41, 5.74) is 2.62. The number of anilines is 1. The molecule has 188 valence electrons. The van der Waals surface area contributed by atoms with Crippen LogP contribution in [0.15, 0.2) is 65.6 Å². The monoisotopic (exact) mass is 504 g/mol. The lowest BCUT2D eigenvalue weighted by Gasteiger charge is -2.24. The van der Waals surface area contributed by atoms with E-state index in [9.17, 15) is 8.42 Å². The van der Waals surface area contributed by atoms with E-state index in [0.717, 1.165) is 59.9 Å². The van der Waals surface area contributed by atoms with E-state index in [-0.39, 0.29) is 0 Å². The number of rotatable bonds is 7. The minimum absolute atomic E-state index is 0.338. The van der Waals surface area contributed by atoms with Crippen LogP contribution in [0.1, 0.15) is 37.7 Å². The molecule has 1 saturated heterocycles. The SMILES string of the molecule is CCCCc1nc(N2CCCN(S(=O)(=O)c3ccccc3)CC2)c2c(C)nn(-c3ccccc3)c2n1. The first-order valence-corrected chi connectivity index (χ1v) is 14.0. The number of para-hydroxylation sites is 1. The van der Waals surface area contributed by atoms with Crippen LogP contribution in [0.25, 0.3) is 16.7 Å². The van der Waals surface area contributed by atoms with Crippen molar-refractivity contribution in [1.29, 1.82) is 0 Å². The summed E-state index contributed by atoms with van der Waals surface area (Å²) < 4.78 is 30.0. The Morgan fingerprint density at radius 3 is 2.33 bits per heavy atom. The molecule has 0 amide bonds. The van der Waals surface area contributed by atoms with Crippen LogP contribution in [0.2, 0.25) is 0 Å². The standard InChI is InChI=1S/C27H32N6O2S/c1-3-4-16-24-28-26(25-21(2)30-33(27(25)29-24)22-12-7-5-8-13-22)31-17-11-18-32(20-19-31)36(34,35)23-14-9-6-10-15-23/h5-10,12-15H,3-4,11,16-20H2,1-2H3. The molecule has 4 aromatic rings. The van der Waals surface area contributed by atoms with Crippen molar-refractivity contribution >= 4 is 26.9 Å².